The fourth-order valence-corrected chi connectivity index (χ4v) is 4.86. The normalized spacial score (nSPS) is 15.3. The topological polar surface area (TPSA) is 84.1 Å². The number of allylic oxidation sites excluding steroid dienone is 1. The van der Waals surface area contributed by atoms with Crippen molar-refractivity contribution in [1.82, 2.24) is 9.97 Å². The average molecular weight is 498 g/mol. The highest BCUT2D eigenvalue weighted by atomic mass is 79.9. The van der Waals surface area contributed by atoms with Gasteiger partial charge in [0.15, 0.2) is 5.16 Å². The van der Waals surface area contributed by atoms with Gasteiger partial charge in [0.1, 0.15) is 5.82 Å². The highest BCUT2D eigenvalue weighted by molar-refractivity contribution is 9.10. The molecule has 0 saturated heterocycles. The van der Waals surface area contributed by atoms with E-state index in [9.17, 15) is 9.59 Å². The molecule has 3 aromatic rings. The van der Waals surface area contributed by atoms with Gasteiger partial charge in [0.2, 0.25) is 0 Å². The van der Waals surface area contributed by atoms with Crippen molar-refractivity contribution in [2.75, 3.05) is 12.4 Å². The molecule has 0 amide bonds. The van der Waals surface area contributed by atoms with Gasteiger partial charge in [-0.25, -0.2) is 9.78 Å². The molecule has 1 aliphatic heterocycles. The summed E-state index contributed by atoms with van der Waals surface area (Å²) in [6.45, 7) is 1.79. The van der Waals surface area contributed by atoms with Crippen LogP contribution in [0.4, 0.5) is 5.82 Å². The number of hydrogen-bond acceptors (Lipinski definition) is 6. The lowest BCUT2D eigenvalue weighted by molar-refractivity contribution is -0.136. The molecule has 0 bridgehead atoms. The third-order valence-electron chi connectivity index (χ3n) is 5.03. The maximum absolute atomic E-state index is 13.2. The Morgan fingerprint density at radius 2 is 1.97 bits per heavy atom. The first-order chi connectivity index (χ1) is 15.0. The third kappa shape index (κ3) is 4.45. The van der Waals surface area contributed by atoms with E-state index in [1.165, 1.54) is 18.9 Å². The number of nitrogens with one attached hydrogen (secondary N) is 2. The highest BCUT2D eigenvalue weighted by Crippen LogP contribution is 2.40. The van der Waals surface area contributed by atoms with Crippen LogP contribution in [-0.2, 0) is 15.3 Å². The lowest BCUT2D eigenvalue weighted by atomic mass is 9.82. The first-order valence-corrected chi connectivity index (χ1v) is 11.4. The number of ether oxygens (including phenoxy) is 1. The van der Waals surface area contributed by atoms with E-state index in [0.717, 1.165) is 15.6 Å². The standard InChI is InChI=1S/C23H20BrN3O3S/c1-13-17(22(29)30-2)18(15-9-6-10-16(24)11-15)19-20(25-13)26-23(27-21(19)28)31-12-14-7-4-3-5-8-14/h3-11,18H,12H2,1-2H3,(H2,25,26,27,28). The Hall–Kier alpha value is -2.84. The van der Waals surface area contributed by atoms with Crippen LogP contribution in [0.25, 0.3) is 0 Å². The molecule has 1 atom stereocenters. The minimum Gasteiger partial charge on any atom is -0.466 e. The van der Waals surface area contributed by atoms with E-state index in [1.54, 1.807) is 6.92 Å². The number of hydrogen-bond donors (Lipinski definition) is 2. The lowest BCUT2D eigenvalue weighted by Crippen LogP contribution is -2.31. The quantitative estimate of drug-likeness (QED) is 0.298. The second-order valence-electron chi connectivity index (χ2n) is 7.05. The van der Waals surface area contributed by atoms with Crippen LogP contribution >= 0.6 is 27.7 Å². The number of methoxy groups -OCH3 is 1. The first-order valence-electron chi connectivity index (χ1n) is 9.60. The van der Waals surface area contributed by atoms with Gasteiger partial charge in [0.25, 0.3) is 5.56 Å². The molecule has 31 heavy (non-hydrogen) atoms. The molecule has 2 N–H and O–H groups in total. The zero-order valence-electron chi connectivity index (χ0n) is 16.9. The van der Waals surface area contributed by atoms with Crippen molar-refractivity contribution < 1.29 is 9.53 Å². The summed E-state index contributed by atoms with van der Waals surface area (Å²) < 4.78 is 5.88. The largest absolute Gasteiger partial charge is 0.466 e. The predicted octanol–water partition coefficient (Wildman–Crippen LogP) is 4.83. The number of benzene rings is 2. The summed E-state index contributed by atoms with van der Waals surface area (Å²) in [6, 6.07) is 17.5. The molecule has 0 spiro atoms. The van der Waals surface area contributed by atoms with Crippen LogP contribution in [0.3, 0.4) is 0 Å². The van der Waals surface area contributed by atoms with Gasteiger partial charge in [-0.3, -0.25) is 4.79 Å². The molecule has 2 heterocycles. The summed E-state index contributed by atoms with van der Waals surface area (Å²) in [6.07, 6.45) is 0. The molecule has 6 nitrogen and oxygen atoms in total. The Kier molecular flexibility index (Phi) is 6.29. The molecule has 0 aliphatic carbocycles. The molecule has 0 fully saturated rings. The number of aromatic amines is 1. The van der Waals surface area contributed by atoms with Crippen molar-refractivity contribution >= 4 is 39.5 Å². The first kappa shape index (κ1) is 21.4. The van der Waals surface area contributed by atoms with Gasteiger partial charge in [-0.2, -0.15) is 0 Å². The van der Waals surface area contributed by atoms with Crippen LogP contribution in [0.2, 0.25) is 0 Å². The van der Waals surface area contributed by atoms with E-state index in [0.29, 0.717) is 33.6 Å². The van der Waals surface area contributed by atoms with Crippen molar-refractivity contribution in [2.45, 2.75) is 23.8 Å². The molecule has 2 aromatic carbocycles. The van der Waals surface area contributed by atoms with Crippen LogP contribution in [0.15, 0.2) is 80.3 Å². The summed E-state index contributed by atoms with van der Waals surface area (Å²) in [4.78, 5) is 33.4. The Morgan fingerprint density at radius 3 is 2.68 bits per heavy atom. The summed E-state index contributed by atoms with van der Waals surface area (Å²) in [7, 11) is 1.34. The SMILES string of the molecule is COC(=O)C1=C(C)Nc2nc(SCc3ccccc3)[nH]c(=O)c2C1c1cccc(Br)c1. The number of anilines is 1. The molecule has 4 rings (SSSR count). The van der Waals surface area contributed by atoms with Gasteiger partial charge in [0.05, 0.1) is 24.2 Å². The summed E-state index contributed by atoms with van der Waals surface area (Å²) in [5.41, 5.74) is 3.05. The summed E-state index contributed by atoms with van der Waals surface area (Å²) >= 11 is 4.93. The van der Waals surface area contributed by atoms with Crippen molar-refractivity contribution in [1.29, 1.82) is 0 Å². The minimum atomic E-state index is -0.592. The van der Waals surface area contributed by atoms with Crippen LogP contribution < -0.4 is 10.9 Å². The Morgan fingerprint density at radius 1 is 1.19 bits per heavy atom. The van der Waals surface area contributed by atoms with E-state index in [1.807, 2.05) is 54.6 Å². The number of H-pyrrole nitrogens is 1. The second-order valence-corrected chi connectivity index (χ2v) is 8.93. The molecular formula is C23H20BrN3O3S. The van der Waals surface area contributed by atoms with Gasteiger partial charge < -0.3 is 15.0 Å². The lowest BCUT2D eigenvalue weighted by Gasteiger charge is -2.28. The van der Waals surface area contributed by atoms with Crippen LogP contribution in [0, 0.1) is 0 Å². The van der Waals surface area contributed by atoms with Crippen molar-refractivity contribution in [2.24, 2.45) is 0 Å². The zero-order valence-corrected chi connectivity index (χ0v) is 19.3. The van der Waals surface area contributed by atoms with Gasteiger partial charge in [0, 0.05) is 15.9 Å². The molecule has 1 aromatic heterocycles. The minimum absolute atomic E-state index is 0.285. The van der Waals surface area contributed by atoms with E-state index in [-0.39, 0.29) is 5.56 Å². The van der Waals surface area contributed by atoms with Gasteiger partial charge in [-0.15, -0.1) is 0 Å². The molecule has 0 radical (unpaired) electrons. The Balaban J connectivity index is 1.78. The van der Waals surface area contributed by atoms with Crippen molar-refractivity contribution in [3.05, 3.63) is 97.4 Å². The molecule has 1 unspecified atom stereocenters. The highest BCUT2D eigenvalue weighted by Gasteiger charge is 2.36. The van der Waals surface area contributed by atoms with Gasteiger partial charge >= 0.3 is 5.97 Å². The summed E-state index contributed by atoms with van der Waals surface area (Å²) in [5.74, 6) is 0.0578. The van der Waals surface area contributed by atoms with E-state index < -0.39 is 11.9 Å². The number of nitrogens with zero attached hydrogens (tertiary/aromatic N) is 1. The maximum atomic E-state index is 13.2. The van der Waals surface area contributed by atoms with Crippen LogP contribution in [0.5, 0.6) is 0 Å². The molecule has 1 aliphatic rings. The maximum Gasteiger partial charge on any atom is 0.336 e. The molecule has 8 heteroatoms. The predicted molar refractivity (Wildman–Crippen MR) is 125 cm³/mol. The monoisotopic (exact) mass is 497 g/mol. The number of carbonyl (C=O) groups is 1. The van der Waals surface area contributed by atoms with Crippen LogP contribution in [-0.4, -0.2) is 23.0 Å². The third-order valence-corrected chi connectivity index (χ3v) is 6.46. The van der Waals surface area contributed by atoms with Crippen LogP contribution in [0.1, 0.15) is 29.5 Å². The van der Waals surface area contributed by atoms with Gasteiger partial charge in [-0.1, -0.05) is 70.2 Å². The van der Waals surface area contributed by atoms with Crippen molar-refractivity contribution in [3.63, 3.8) is 0 Å². The number of esters is 1. The number of fused-ring (bicyclic) bond motifs is 1. The summed E-state index contributed by atoms with van der Waals surface area (Å²) in [5, 5.41) is 3.66. The molecule has 0 saturated carbocycles. The van der Waals surface area contributed by atoms with Gasteiger partial charge in [-0.05, 0) is 30.2 Å². The molecule has 158 valence electrons. The number of carbonyl (C=O) groups excluding carboxylic acids is 1. The zero-order chi connectivity index (χ0) is 22.0. The van der Waals surface area contributed by atoms with E-state index in [4.69, 9.17) is 4.74 Å². The van der Waals surface area contributed by atoms with Crippen molar-refractivity contribution in [3.8, 4) is 0 Å². The number of halogens is 1. The number of rotatable bonds is 5. The Labute approximate surface area is 192 Å². The number of aromatic nitrogens is 2. The smallest absolute Gasteiger partial charge is 0.336 e. The number of thioether (sulfide) groups is 1. The fraction of sp³-hybridized carbons (Fsp3) is 0.174. The van der Waals surface area contributed by atoms with E-state index >= 15 is 0 Å². The fourth-order valence-electron chi connectivity index (χ4n) is 3.63. The molecular weight excluding hydrogens is 478 g/mol. The average Bonchev–Trinajstić information content (AvgIpc) is 2.77. The Bertz CT molecular complexity index is 1220. The van der Waals surface area contributed by atoms with E-state index in [2.05, 4.69) is 31.2 Å². The second kappa shape index (κ2) is 9.11.